The molecule has 1 aliphatic carbocycles. The number of ether oxygens (including phenoxy) is 1. The largest absolute Gasteiger partial charge is 0.481 e. The van der Waals surface area contributed by atoms with Crippen LogP contribution in [0.3, 0.4) is 0 Å². The smallest absolute Gasteiger partial charge is 0.414 e. The fourth-order valence-corrected chi connectivity index (χ4v) is 6.43. The van der Waals surface area contributed by atoms with Crippen LogP contribution >= 0.6 is 0 Å². The first kappa shape index (κ1) is 24.6. The number of anilines is 1. The third-order valence-electron chi connectivity index (χ3n) is 8.39. The van der Waals surface area contributed by atoms with Crippen molar-refractivity contribution in [3.05, 3.63) is 23.5 Å². The summed E-state index contributed by atoms with van der Waals surface area (Å²) in [5, 5.41) is 9.73. The molecule has 2 aliphatic heterocycles. The number of hydrogen-bond acceptors (Lipinski definition) is 5. The van der Waals surface area contributed by atoms with Gasteiger partial charge in [-0.15, -0.1) is 0 Å². The van der Waals surface area contributed by atoms with E-state index in [-0.39, 0.29) is 18.0 Å². The molecule has 2 amide bonds. The molecule has 1 N–H and O–H groups in total. The summed E-state index contributed by atoms with van der Waals surface area (Å²) in [6, 6.07) is 3.91. The Morgan fingerprint density at radius 2 is 1.86 bits per heavy atom. The van der Waals surface area contributed by atoms with Crippen molar-refractivity contribution in [2.24, 2.45) is 5.92 Å². The molecule has 36 heavy (non-hydrogen) atoms. The normalized spacial score (nSPS) is 25.0. The molecule has 3 heterocycles. The molecule has 9 nitrogen and oxygen atoms in total. The minimum atomic E-state index is -0.757. The third kappa shape index (κ3) is 4.12. The van der Waals surface area contributed by atoms with Gasteiger partial charge >= 0.3 is 12.1 Å². The molecule has 1 saturated carbocycles. The van der Waals surface area contributed by atoms with Crippen LogP contribution in [-0.4, -0.2) is 63.8 Å². The van der Waals surface area contributed by atoms with E-state index in [4.69, 9.17) is 9.72 Å². The second kappa shape index (κ2) is 9.75. The molecule has 1 saturated heterocycles. The minimum Gasteiger partial charge on any atom is -0.481 e. The first-order valence-corrected chi connectivity index (χ1v) is 13.2. The number of methoxy groups -OCH3 is 1. The molecule has 2 fully saturated rings. The summed E-state index contributed by atoms with van der Waals surface area (Å²) in [7, 11) is 1.39. The molecular formula is C27H36N4O5. The molecule has 1 aromatic carbocycles. The maximum absolute atomic E-state index is 13.5. The topological polar surface area (TPSA) is 105 Å². The molecule has 2 aromatic rings. The van der Waals surface area contributed by atoms with Crippen molar-refractivity contribution in [2.75, 3.05) is 25.1 Å². The maximum atomic E-state index is 13.5. The van der Waals surface area contributed by atoms with Gasteiger partial charge in [-0.2, -0.15) is 0 Å². The van der Waals surface area contributed by atoms with Gasteiger partial charge in [-0.25, -0.2) is 9.78 Å². The number of nitrogens with zero attached hydrogens (tertiary/aromatic N) is 4. The monoisotopic (exact) mass is 496 g/mol. The highest BCUT2D eigenvalue weighted by molar-refractivity contribution is 5.96. The van der Waals surface area contributed by atoms with Crippen LogP contribution < -0.4 is 4.90 Å². The van der Waals surface area contributed by atoms with Crippen molar-refractivity contribution in [3.63, 3.8) is 0 Å². The van der Waals surface area contributed by atoms with Crippen molar-refractivity contribution >= 4 is 34.7 Å². The highest BCUT2D eigenvalue weighted by Crippen LogP contribution is 2.42. The van der Waals surface area contributed by atoms with Crippen molar-refractivity contribution < 1.29 is 24.2 Å². The number of aliphatic carboxylic acids is 1. The highest BCUT2D eigenvalue weighted by atomic mass is 16.5. The Balaban J connectivity index is 1.65. The number of aromatic nitrogens is 2. The van der Waals surface area contributed by atoms with Crippen molar-refractivity contribution in [3.8, 4) is 0 Å². The number of aryl methyl sites for hydroxylation is 1. The second-order valence-electron chi connectivity index (χ2n) is 10.6. The summed E-state index contributed by atoms with van der Waals surface area (Å²) in [5.74, 6) is -0.808. The van der Waals surface area contributed by atoms with Crippen LogP contribution in [0.15, 0.2) is 12.1 Å². The number of carboxylic acids is 1. The number of carboxylic acid groups (broad SMARTS) is 1. The SMILES string of the molecule is COC(=O)N1c2ccc3c(nc([C@@H](C)C(=O)N4CCCC4)n3[C@@H]3CCC[C@@H](C(=O)O)C3)c2CC[C@@H]1C. The summed E-state index contributed by atoms with van der Waals surface area (Å²) in [4.78, 5) is 46.6. The van der Waals surface area contributed by atoms with E-state index >= 15 is 0 Å². The van der Waals surface area contributed by atoms with E-state index in [9.17, 15) is 19.5 Å². The van der Waals surface area contributed by atoms with E-state index in [1.165, 1.54) is 7.11 Å². The van der Waals surface area contributed by atoms with Gasteiger partial charge in [0.25, 0.3) is 0 Å². The number of likely N-dealkylation sites (tertiary alicyclic amines) is 1. The molecule has 0 unspecified atom stereocenters. The van der Waals surface area contributed by atoms with Crippen LogP contribution in [0.5, 0.6) is 0 Å². The first-order valence-electron chi connectivity index (χ1n) is 13.2. The summed E-state index contributed by atoms with van der Waals surface area (Å²) in [6.07, 6.45) is 6.10. The van der Waals surface area contributed by atoms with Gasteiger partial charge in [0, 0.05) is 30.7 Å². The van der Waals surface area contributed by atoms with Gasteiger partial charge in [0.05, 0.1) is 35.7 Å². The molecule has 4 atom stereocenters. The van der Waals surface area contributed by atoms with Crippen molar-refractivity contribution in [1.29, 1.82) is 0 Å². The van der Waals surface area contributed by atoms with Crippen LogP contribution in [-0.2, 0) is 20.7 Å². The Bertz CT molecular complexity index is 1180. The van der Waals surface area contributed by atoms with Crippen molar-refractivity contribution in [2.45, 2.75) is 83.2 Å². The number of benzene rings is 1. The lowest BCUT2D eigenvalue weighted by molar-refractivity contribution is -0.143. The number of hydrogen-bond donors (Lipinski definition) is 1. The fourth-order valence-electron chi connectivity index (χ4n) is 6.43. The van der Waals surface area contributed by atoms with Crippen molar-refractivity contribution in [1.82, 2.24) is 14.5 Å². The fraction of sp³-hybridized carbons (Fsp3) is 0.630. The quantitative estimate of drug-likeness (QED) is 0.669. The Morgan fingerprint density at radius 3 is 2.56 bits per heavy atom. The number of rotatable bonds is 4. The van der Waals surface area contributed by atoms with Gasteiger partial charge in [0.2, 0.25) is 5.91 Å². The van der Waals surface area contributed by atoms with Crippen LogP contribution in [0.1, 0.15) is 82.1 Å². The summed E-state index contributed by atoms with van der Waals surface area (Å²) in [5.41, 5.74) is 3.51. The predicted octanol–water partition coefficient (Wildman–Crippen LogP) is 4.49. The lowest BCUT2D eigenvalue weighted by Crippen LogP contribution is -2.42. The second-order valence-corrected chi connectivity index (χ2v) is 10.6. The number of imidazole rings is 1. The zero-order valence-corrected chi connectivity index (χ0v) is 21.4. The van der Waals surface area contributed by atoms with E-state index in [1.807, 2.05) is 30.9 Å². The van der Waals surface area contributed by atoms with Gasteiger partial charge in [-0.05, 0) is 70.9 Å². The standard InChI is InChI=1S/C27H36N4O5/c1-16-9-10-20-21(30(16)27(35)36-3)11-12-22-23(20)28-24(17(2)25(32)29-13-4-5-14-29)31(22)19-8-6-7-18(15-19)26(33)34/h11-12,16-19H,4-10,13-15H2,1-3H3,(H,33,34)/t16-,17+,18+,19+/m0/s1. The summed E-state index contributed by atoms with van der Waals surface area (Å²) < 4.78 is 7.23. The van der Waals surface area contributed by atoms with Crippen LogP contribution in [0.2, 0.25) is 0 Å². The van der Waals surface area contributed by atoms with Gasteiger partial charge in [0.1, 0.15) is 5.82 Å². The molecule has 5 rings (SSSR count). The number of carbonyl (C=O) groups excluding carboxylic acids is 2. The van der Waals surface area contributed by atoms with Crippen LogP contribution in [0.25, 0.3) is 11.0 Å². The molecular weight excluding hydrogens is 460 g/mol. The van der Waals surface area contributed by atoms with Gasteiger partial charge in [-0.3, -0.25) is 14.5 Å². The predicted molar refractivity (Wildman–Crippen MR) is 135 cm³/mol. The Kier molecular flexibility index (Phi) is 6.66. The zero-order chi connectivity index (χ0) is 25.6. The molecule has 194 valence electrons. The lowest BCUT2D eigenvalue weighted by atomic mass is 9.85. The first-order chi connectivity index (χ1) is 17.3. The number of amides is 2. The van der Waals surface area contributed by atoms with E-state index < -0.39 is 23.9 Å². The number of fused-ring (bicyclic) bond motifs is 3. The van der Waals surface area contributed by atoms with E-state index in [0.29, 0.717) is 18.7 Å². The molecule has 9 heteroatoms. The molecule has 0 spiro atoms. The Hall–Kier alpha value is -3.10. The van der Waals surface area contributed by atoms with Crippen LogP contribution in [0, 0.1) is 5.92 Å². The molecule has 3 aliphatic rings. The average molecular weight is 497 g/mol. The molecule has 0 radical (unpaired) electrons. The van der Waals surface area contributed by atoms with E-state index in [2.05, 4.69) is 4.57 Å². The minimum absolute atomic E-state index is 0.00860. The van der Waals surface area contributed by atoms with Crippen LogP contribution in [0.4, 0.5) is 10.5 Å². The summed E-state index contributed by atoms with van der Waals surface area (Å²) >= 11 is 0. The Morgan fingerprint density at radius 1 is 1.11 bits per heavy atom. The highest BCUT2D eigenvalue weighted by Gasteiger charge is 2.36. The van der Waals surface area contributed by atoms with E-state index in [0.717, 1.165) is 73.9 Å². The number of carbonyl (C=O) groups is 3. The summed E-state index contributed by atoms with van der Waals surface area (Å²) in [6.45, 7) is 5.48. The van der Waals surface area contributed by atoms with E-state index in [1.54, 1.807) is 4.90 Å². The lowest BCUT2D eigenvalue weighted by Gasteiger charge is -2.34. The van der Waals surface area contributed by atoms with Gasteiger partial charge in [0.15, 0.2) is 0 Å². The third-order valence-corrected chi connectivity index (χ3v) is 8.39. The van der Waals surface area contributed by atoms with Gasteiger partial charge in [-0.1, -0.05) is 6.42 Å². The molecule has 1 aromatic heterocycles. The average Bonchev–Trinajstić information content (AvgIpc) is 3.55. The maximum Gasteiger partial charge on any atom is 0.414 e. The molecule has 0 bridgehead atoms. The Labute approximate surface area is 211 Å². The van der Waals surface area contributed by atoms with Gasteiger partial charge < -0.3 is 19.3 Å². The zero-order valence-electron chi connectivity index (χ0n) is 21.4.